The van der Waals surface area contributed by atoms with Gasteiger partial charge in [0.05, 0.1) is 26.4 Å². The van der Waals surface area contributed by atoms with Crippen LogP contribution in [0.1, 0.15) is 375 Å². The normalized spacial score (nSPS) is 14.0. The summed E-state index contributed by atoms with van der Waals surface area (Å²) in [5.41, 5.74) is 0. The van der Waals surface area contributed by atoms with E-state index in [-0.39, 0.29) is 25.7 Å². The van der Waals surface area contributed by atoms with Gasteiger partial charge >= 0.3 is 39.5 Å². The number of hydrogen-bond donors (Lipinski definition) is 3. The van der Waals surface area contributed by atoms with E-state index >= 15 is 0 Å². The summed E-state index contributed by atoms with van der Waals surface area (Å²) in [5, 5.41) is 10.6. The molecule has 0 saturated heterocycles. The first-order valence-corrected chi connectivity index (χ1v) is 40.6. The molecule has 0 spiro atoms. The van der Waals surface area contributed by atoms with Crippen LogP contribution in [0, 0.1) is 5.92 Å². The van der Waals surface area contributed by atoms with Gasteiger partial charge in [-0.1, -0.05) is 324 Å². The number of esters is 4. The van der Waals surface area contributed by atoms with Gasteiger partial charge in [0.1, 0.15) is 19.3 Å². The van der Waals surface area contributed by atoms with E-state index in [9.17, 15) is 43.2 Å². The van der Waals surface area contributed by atoms with Crippen LogP contribution in [-0.4, -0.2) is 96.7 Å². The minimum absolute atomic E-state index is 0.105. The van der Waals surface area contributed by atoms with Gasteiger partial charge in [0.2, 0.25) is 0 Å². The van der Waals surface area contributed by atoms with Crippen molar-refractivity contribution in [2.45, 2.75) is 393 Å². The van der Waals surface area contributed by atoms with Crippen LogP contribution in [0.4, 0.5) is 0 Å². The molecule has 0 amide bonds. The van der Waals surface area contributed by atoms with Gasteiger partial charge < -0.3 is 33.8 Å². The highest BCUT2D eigenvalue weighted by molar-refractivity contribution is 7.47. The van der Waals surface area contributed by atoms with E-state index in [1.807, 2.05) is 0 Å². The Labute approximate surface area is 556 Å². The third kappa shape index (κ3) is 66.5. The van der Waals surface area contributed by atoms with Gasteiger partial charge in [-0.05, 0) is 31.6 Å². The Hall–Kier alpha value is -1.94. The fourth-order valence-electron chi connectivity index (χ4n) is 11.0. The quantitative estimate of drug-likeness (QED) is 0.0222. The SMILES string of the molecule is CCCCCCCCCCCCCCCCCCC(=O)OC[C@H](COP(=O)(O)OC[C@@H](O)COP(=O)(O)OC[C@@H](COC(=O)CCCCCCCCC)OC(=O)CCCCCCCCCCCC(C)C)OC(=O)CCCCCCCCCCCCCCCCCC. The van der Waals surface area contributed by atoms with Crippen molar-refractivity contribution in [3.05, 3.63) is 0 Å². The monoisotopic (exact) mass is 1340 g/mol. The summed E-state index contributed by atoms with van der Waals surface area (Å²) in [5.74, 6) is -1.39. The predicted molar refractivity (Wildman–Crippen MR) is 368 cm³/mol. The predicted octanol–water partition coefficient (Wildman–Crippen LogP) is 20.9. The van der Waals surface area contributed by atoms with Gasteiger partial charge in [-0.3, -0.25) is 37.3 Å². The first kappa shape index (κ1) is 89.1. The molecule has 0 aromatic heterocycles. The number of aliphatic hydroxyl groups excluding tert-OH is 1. The van der Waals surface area contributed by atoms with Crippen molar-refractivity contribution in [2.24, 2.45) is 5.92 Å². The summed E-state index contributed by atoms with van der Waals surface area (Å²) in [4.78, 5) is 72.5. The van der Waals surface area contributed by atoms with E-state index in [1.165, 1.54) is 186 Å². The molecule has 0 heterocycles. The topological polar surface area (TPSA) is 237 Å². The number of carbonyl (C=O) groups excluding carboxylic acids is 4. The van der Waals surface area contributed by atoms with Crippen LogP contribution in [0.25, 0.3) is 0 Å². The molecule has 0 bridgehead atoms. The molecule has 0 aliphatic heterocycles. The van der Waals surface area contributed by atoms with E-state index in [0.717, 1.165) is 109 Å². The van der Waals surface area contributed by atoms with Gasteiger partial charge in [-0.15, -0.1) is 0 Å². The zero-order valence-electron chi connectivity index (χ0n) is 59.0. The highest BCUT2D eigenvalue weighted by atomic mass is 31.2. The van der Waals surface area contributed by atoms with Crippen molar-refractivity contribution in [2.75, 3.05) is 39.6 Å². The zero-order chi connectivity index (χ0) is 67.0. The maximum absolute atomic E-state index is 13.0. The molecule has 0 aromatic carbocycles. The summed E-state index contributed by atoms with van der Waals surface area (Å²) in [6.07, 6.45) is 52.8. The van der Waals surface area contributed by atoms with Crippen LogP contribution >= 0.6 is 15.6 Å². The molecule has 3 N–H and O–H groups in total. The van der Waals surface area contributed by atoms with E-state index < -0.39 is 97.5 Å². The number of rotatable bonds is 72. The Morgan fingerprint density at radius 1 is 0.297 bits per heavy atom. The summed E-state index contributed by atoms with van der Waals surface area (Å²) in [6.45, 7) is 7.20. The van der Waals surface area contributed by atoms with Crippen LogP contribution < -0.4 is 0 Å². The lowest BCUT2D eigenvalue weighted by Gasteiger charge is -2.21. The highest BCUT2D eigenvalue weighted by Gasteiger charge is 2.30. The number of unbranched alkanes of at least 4 members (excludes halogenated alkanes) is 44. The van der Waals surface area contributed by atoms with Crippen molar-refractivity contribution in [3.63, 3.8) is 0 Å². The van der Waals surface area contributed by atoms with Crippen molar-refractivity contribution < 1.29 is 80.2 Å². The molecule has 0 saturated carbocycles. The van der Waals surface area contributed by atoms with E-state index in [2.05, 4.69) is 34.6 Å². The van der Waals surface area contributed by atoms with Crippen LogP contribution in [0.5, 0.6) is 0 Å². The molecule has 0 fully saturated rings. The number of ether oxygens (including phenoxy) is 4. The molecule has 0 aliphatic rings. The number of phosphoric acid groups is 2. The molecule has 540 valence electrons. The molecule has 91 heavy (non-hydrogen) atoms. The molecule has 0 rings (SSSR count). The number of hydrogen-bond acceptors (Lipinski definition) is 15. The van der Waals surface area contributed by atoms with Gasteiger partial charge in [-0.2, -0.15) is 0 Å². The minimum Gasteiger partial charge on any atom is -0.462 e. The fourth-order valence-corrected chi connectivity index (χ4v) is 12.6. The van der Waals surface area contributed by atoms with Crippen LogP contribution in [0.3, 0.4) is 0 Å². The van der Waals surface area contributed by atoms with Gasteiger partial charge in [0, 0.05) is 25.7 Å². The van der Waals surface area contributed by atoms with Crippen LogP contribution in [-0.2, 0) is 65.4 Å². The van der Waals surface area contributed by atoms with Crippen molar-refractivity contribution >= 4 is 39.5 Å². The van der Waals surface area contributed by atoms with E-state index in [1.54, 1.807) is 0 Å². The van der Waals surface area contributed by atoms with Crippen molar-refractivity contribution in [1.29, 1.82) is 0 Å². The minimum atomic E-state index is -4.95. The highest BCUT2D eigenvalue weighted by Crippen LogP contribution is 2.45. The Balaban J connectivity index is 5.20. The van der Waals surface area contributed by atoms with Crippen molar-refractivity contribution in [3.8, 4) is 0 Å². The van der Waals surface area contributed by atoms with Crippen LogP contribution in [0.15, 0.2) is 0 Å². The second-order valence-electron chi connectivity index (χ2n) is 26.5. The largest absolute Gasteiger partial charge is 0.472 e. The average Bonchev–Trinajstić information content (AvgIpc) is 3.55. The summed E-state index contributed by atoms with van der Waals surface area (Å²) < 4.78 is 68.3. The Morgan fingerprint density at radius 2 is 0.505 bits per heavy atom. The molecular weight excluding hydrogens is 1200 g/mol. The molecule has 19 heteroatoms. The summed E-state index contributed by atoms with van der Waals surface area (Å²) >= 11 is 0. The molecule has 0 aromatic rings. The van der Waals surface area contributed by atoms with Crippen LogP contribution in [0.2, 0.25) is 0 Å². The molecule has 2 unspecified atom stereocenters. The number of phosphoric ester groups is 2. The lowest BCUT2D eigenvalue weighted by molar-refractivity contribution is -0.161. The van der Waals surface area contributed by atoms with E-state index in [4.69, 9.17) is 37.0 Å². The smallest absolute Gasteiger partial charge is 0.462 e. The third-order valence-corrected chi connectivity index (χ3v) is 18.7. The Kier molecular flexibility index (Phi) is 64.0. The van der Waals surface area contributed by atoms with Gasteiger partial charge in [0.25, 0.3) is 0 Å². The first-order valence-electron chi connectivity index (χ1n) is 37.6. The van der Waals surface area contributed by atoms with Gasteiger partial charge in [-0.25, -0.2) is 9.13 Å². The second-order valence-corrected chi connectivity index (χ2v) is 29.4. The second kappa shape index (κ2) is 65.4. The average molecular weight is 1340 g/mol. The molecular formula is C72H140O17P2. The van der Waals surface area contributed by atoms with Crippen molar-refractivity contribution in [1.82, 2.24) is 0 Å². The maximum atomic E-state index is 13.0. The molecule has 0 aliphatic carbocycles. The summed E-state index contributed by atoms with van der Waals surface area (Å²) in [6, 6.07) is 0. The first-order chi connectivity index (χ1) is 44.0. The third-order valence-electron chi connectivity index (χ3n) is 16.8. The Morgan fingerprint density at radius 3 is 0.747 bits per heavy atom. The zero-order valence-corrected chi connectivity index (χ0v) is 60.8. The maximum Gasteiger partial charge on any atom is 0.472 e. The summed E-state index contributed by atoms with van der Waals surface area (Å²) in [7, 11) is -9.90. The lowest BCUT2D eigenvalue weighted by Crippen LogP contribution is -2.30. The lowest BCUT2D eigenvalue weighted by atomic mass is 10.0. The number of carbonyl (C=O) groups is 4. The van der Waals surface area contributed by atoms with E-state index in [0.29, 0.717) is 25.7 Å². The van der Waals surface area contributed by atoms with Gasteiger partial charge in [0.15, 0.2) is 12.2 Å². The Bertz CT molecular complexity index is 1750. The molecule has 5 atom stereocenters. The fraction of sp³-hybridized carbons (Fsp3) is 0.944. The molecule has 17 nitrogen and oxygen atoms in total. The number of aliphatic hydroxyl groups is 1. The molecule has 0 radical (unpaired) electrons. The standard InChI is InChI=1S/C72H140O17P2/c1-6-9-12-15-18-20-22-24-26-28-30-32-36-41-46-51-56-70(75)83-62-68(89-71(76)57-52-47-42-37-33-31-29-27-25-23-21-19-16-13-10-7-2)64-87-91(80,81)85-60-66(73)59-84-90(78,79)86-63-67(61-82-69(74)55-50-45-39-17-14-11-8-3)88-72(77)58-53-48-43-38-34-35-40-44-49-54-65(4)5/h65-68,73H,6-64H2,1-5H3,(H,78,79)(H,80,81)/t66-,67+,68+/m0/s1.